The van der Waals surface area contributed by atoms with Crippen molar-refractivity contribution in [2.75, 3.05) is 19.6 Å². The number of rotatable bonds is 1. The predicted molar refractivity (Wildman–Crippen MR) is 54.6 cm³/mol. The SMILES string of the molecule is Cc1oncc1C(=O)N1CCNCC1C. The molecule has 1 unspecified atom stereocenters. The lowest BCUT2D eigenvalue weighted by atomic mass is 10.1. The van der Waals surface area contributed by atoms with Crippen LogP contribution >= 0.6 is 0 Å². The van der Waals surface area contributed by atoms with Crippen LogP contribution in [0.25, 0.3) is 0 Å². The third-order valence-electron chi connectivity index (χ3n) is 2.74. The topological polar surface area (TPSA) is 58.4 Å². The number of hydrogen-bond donors (Lipinski definition) is 1. The zero-order valence-electron chi connectivity index (χ0n) is 8.99. The molecule has 2 heterocycles. The molecule has 5 nitrogen and oxygen atoms in total. The summed E-state index contributed by atoms with van der Waals surface area (Å²) in [5, 5.41) is 6.87. The van der Waals surface area contributed by atoms with E-state index < -0.39 is 0 Å². The molecule has 0 saturated carbocycles. The maximum atomic E-state index is 12.1. The van der Waals surface area contributed by atoms with E-state index >= 15 is 0 Å². The molecule has 0 bridgehead atoms. The zero-order valence-corrected chi connectivity index (χ0v) is 8.99. The molecule has 0 radical (unpaired) electrons. The Hall–Kier alpha value is -1.36. The van der Waals surface area contributed by atoms with Gasteiger partial charge in [-0.15, -0.1) is 0 Å². The monoisotopic (exact) mass is 209 g/mol. The van der Waals surface area contributed by atoms with Crippen molar-refractivity contribution in [2.24, 2.45) is 0 Å². The molecule has 82 valence electrons. The Kier molecular flexibility index (Phi) is 2.73. The Morgan fingerprint density at radius 3 is 3.13 bits per heavy atom. The molecular weight excluding hydrogens is 194 g/mol. The van der Waals surface area contributed by atoms with E-state index in [-0.39, 0.29) is 11.9 Å². The van der Waals surface area contributed by atoms with Crippen molar-refractivity contribution in [2.45, 2.75) is 19.9 Å². The Balaban J connectivity index is 2.17. The first kappa shape index (κ1) is 10.2. The van der Waals surface area contributed by atoms with Crippen LogP contribution in [0.5, 0.6) is 0 Å². The lowest BCUT2D eigenvalue weighted by Gasteiger charge is -2.33. The summed E-state index contributed by atoms with van der Waals surface area (Å²) < 4.78 is 4.90. The van der Waals surface area contributed by atoms with E-state index in [1.54, 1.807) is 6.92 Å². The van der Waals surface area contributed by atoms with Crippen LogP contribution in [-0.4, -0.2) is 41.6 Å². The number of carbonyl (C=O) groups excluding carboxylic acids is 1. The van der Waals surface area contributed by atoms with Crippen molar-refractivity contribution in [3.63, 3.8) is 0 Å². The standard InChI is InChI=1S/C10H15N3O2/c1-7-5-11-3-4-13(7)10(14)9-6-12-15-8(9)2/h6-7,11H,3-5H2,1-2H3. The molecule has 1 aromatic heterocycles. The van der Waals surface area contributed by atoms with Gasteiger partial charge in [0.05, 0.1) is 6.20 Å². The van der Waals surface area contributed by atoms with Gasteiger partial charge in [0.2, 0.25) is 0 Å². The third kappa shape index (κ3) is 1.87. The molecule has 1 N–H and O–H groups in total. The maximum absolute atomic E-state index is 12.1. The van der Waals surface area contributed by atoms with Crippen LogP contribution in [0.3, 0.4) is 0 Å². The lowest BCUT2D eigenvalue weighted by Crippen LogP contribution is -2.52. The number of nitrogens with one attached hydrogen (secondary N) is 1. The molecule has 1 atom stereocenters. The summed E-state index contributed by atoms with van der Waals surface area (Å²) in [5.41, 5.74) is 0.573. The normalized spacial score (nSPS) is 21.7. The summed E-state index contributed by atoms with van der Waals surface area (Å²) in [6, 6.07) is 0.223. The minimum Gasteiger partial charge on any atom is -0.361 e. The molecule has 1 aromatic rings. The maximum Gasteiger partial charge on any atom is 0.259 e. The van der Waals surface area contributed by atoms with Crippen molar-refractivity contribution in [3.05, 3.63) is 17.5 Å². The molecule has 5 heteroatoms. The minimum atomic E-state index is 0.0164. The highest BCUT2D eigenvalue weighted by molar-refractivity contribution is 5.95. The highest BCUT2D eigenvalue weighted by atomic mass is 16.5. The third-order valence-corrected chi connectivity index (χ3v) is 2.74. The van der Waals surface area contributed by atoms with Crippen molar-refractivity contribution < 1.29 is 9.32 Å². The van der Waals surface area contributed by atoms with Gasteiger partial charge in [0, 0.05) is 25.7 Å². The van der Waals surface area contributed by atoms with Gasteiger partial charge in [0.15, 0.2) is 0 Å². The first-order valence-corrected chi connectivity index (χ1v) is 5.13. The molecular formula is C10H15N3O2. The van der Waals surface area contributed by atoms with Crippen LogP contribution < -0.4 is 5.32 Å². The highest BCUT2D eigenvalue weighted by Crippen LogP contribution is 2.13. The number of piperazine rings is 1. The summed E-state index contributed by atoms with van der Waals surface area (Å²) in [6.07, 6.45) is 1.49. The van der Waals surface area contributed by atoms with Crippen LogP contribution in [0.2, 0.25) is 0 Å². The second-order valence-electron chi connectivity index (χ2n) is 3.85. The van der Waals surface area contributed by atoms with E-state index in [1.807, 2.05) is 11.8 Å². The van der Waals surface area contributed by atoms with Crippen LogP contribution in [0, 0.1) is 6.92 Å². The predicted octanol–water partition coefficient (Wildman–Crippen LogP) is 0.417. The van der Waals surface area contributed by atoms with Crippen LogP contribution in [0.15, 0.2) is 10.7 Å². The molecule has 1 saturated heterocycles. The molecule has 1 fully saturated rings. The summed E-state index contributed by atoms with van der Waals surface area (Å²) in [4.78, 5) is 13.9. The molecule has 15 heavy (non-hydrogen) atoms. The van der Waals surface area contributed by atoms with Crippen molar-refractivity contribution in [1.82, 2.24) is 15.4 Å². The van der Waals surface area contributed by atoms with Gasteiger partial charge in [-0.3, -0.25) is 4.79 Å². The zero-order chi connectivity index (χ0) is 10.8. The van der Waals surface area contributed by atoms with Crippen molar-refractivity contribution >= 4 is 5.91 Å². The Bertz CT molecular complexity index is 361. The molecule has 0 aromatic carbocycles. The molecule has 0 spiro atoms. The highest BCUT2D eigenvalue weighted by Gasteiger charge is 2.26. The quantitative estimate of drug-likeness (QED) is 0.728. The van der Waals surface area contributed by atoms with Crippen LogP contribution in [-0.2, 0) is 0 Å². The number of nitrogens with zero attached hydrogens (tertiary/aromatic N) is 2. The van der Waals surface area contributed by atoms with E-state index in [9.17, 15) is 4.79 Å². The Morgan fingerprint density at radius 2 is 2.53 bits per heavy atom. The van der Waals surface area contributed by atoms with E-state index in [1.165, 1.54) is 6.20 Å². The molecule has 0 aliphatic carbocycles. The first-order chi connectivity index (χ1) is 7.20. The van der Waals surface area contributed by atoms with Gasteiger partial charge in [-0.1, -0.05) is 5.16 Å². The fraction of sp³-hybridized carbons (Fsp3) is 0.600. The van der Waals surface area contributed by atoms with Gasteiger partial charge >= 0.3 is 0 Å². The summed E-state index contributed by atoms with van der Waals surface area (Å²) in [7, 11) is 0. The smallest absolute Gasteiger partial charge is 0.259 e. The van der Waals surface area contributed by atoms with Gasteiger partial charge in [0.25, 0.3) is 5.91 Å². The molecule has 1 amide bonds. The minimum absolute atomic E-state index is 0.0164. The molecule has 1 aliphatic rings. The molecule has 1 aliphatic heterocycles. The number of hydrogen-bond acceptors (Lipinski definition) is 4. The van der Waals surface area contributed by atoms with Crippen LogP contribution in [0.1, 0.15) is 23.0 Å². The first-order valence-electron chi connectivity index (χ1n) is 5.13. The summed E-state index contributed by atoms with van der Waals surface area (Å²) in [6.45, 7) is 6.22. The van der Waals surface area contributed by atoms with E-state index in [4.69, 9.17) is 4.52 Å². The number of aryl methyl sites for hydroxylation is 1. The fourth-order valence-electron chi connectivity index (χ4n) is 1.80. The van der Waals surface area contributed by atoms with E-state index in [0.717, 1.165) is 19.6 Å². The summed E-state index contributed by atoms with van der Waals surface area (Å²) >= 11 is 0. The number of aromatic nitrogens is 1. The fourth-order valence-corrected chi connectivity index (χ4v) is 1.80. The van der Waals surface area contributed by atoms with E-state index in [0.29, 0.717) is 11.3 Å². The average molecular weight is 209 g/mol. The van der Waals surface area contributed by atoms with Crippen molar-refractivity contribution in [1.29, 1.82) is 0 Å². The van der Waals surface area contributed by atoms with Gasteiger partial charge < -0.3 is 14.7 Å². The number of amides is 1. The number of carbonyl (C=O) groups is 1. The van der Waals surface area contributed by atoms with E-state index in [2.05, 4.69) is 10.5 Å². The largest absolute Gasteiger partial charge is 0.361 e. The Morgan fingerprint density at radius 1 is 1.73 bits per heavy atom. The molecule has 2 rings (SSSR count). The second-order valence-corrected chi connectivity index (χ2v) is 3.85. The van der Waals surface area contributed by atoms with Crippen molar-refractivity contribution in [3.8, 4) is 0 Å². The van der Waals surface area contributed by atoms with Gasteiger partial charge in [-0.2, -0.15) is 0 Å². The van der Waals surface area contributed by atoms with Gasteiger partial charge in [0.1, 0.15) is 11.3 Å². The Labute approximate surface area is 88.4 Å². The van der Waals surface area contributed by atoms with Gasteiger partial charge in [-0.05, 0) is 13.8 Å². The van der Waals surface area contributed by atoms with Crippen LogP contribution in [0.4, 0.5) is 0 Å². The average Bonchev–Trinajstić information content (AvgIpc) is 2.64. The lowest BCUT2D eigenvalue weighted by molar-refractivity contribution is 0.0654. The summed E-state index contributed by atoms with van der Waals surface area (Å²) in [5.74, 6) is 0.605. The van der Waals surface area contributed by atoms with Gasteiger partial charge in [-0.25, -0.2) is 0 Å². The second kappa shape index (κ2) is 4.02.